The van der Waals surface area contributed by atoms with Crippen molar-refractivity contribution in [2.45, 2.75) is 66.0 Å². The van der Waals surface area contributed by atoms with E-state index in [2.05, 4.69) is 31.0 Å². The summed E-state index contributed by atoms with van der Waals surface area (Å²) in [5.74, 6) is 0.303. The van der Waals surface area contributed by atoms with Crippen LogP contribution < -0.4 is 10.1 Å². The number of nitrogens with one attached hydrogen (secondary N) is 1. The maximum absolute atomic E-state index is 13.8. The van der Waals surface area contributed by atoms with Gasteiger partial charge in [-0.3, -0.25) is 9.59 Å². The van der Waals surface area contributed by atoms with E-state index in [1.165, 1.54) is 0 Å². The number of nitrogens with zero attached hydrogens (tertiary/aromatic N) is 1. The van der Waals surface area contributed by atoms with Crippen molar-refractivity contribution in [3.05, 3.63) is 42.0 Å². The molecule has 166 valence electrons. The Morgan fingerprint density at radius 2 is 1.81 bits per heavy atom. The van der Waals surface area contributed by atoms with E-state index < -0.39 is 0 Å². The lowest BCUT2D eigenvalue weighted by atomic mass is 9.65. The standard InChI is InChI=1S/C26H34N2O3/c1-17(2)27-23(29)14-31-22-11-19-9-7-6-8-18(19)10-21(22)24(30)28-16-26(5)13-20(28)12-25(3,4)15-26/h6-11,17,20H,12-16H2,1-5H3,(H,27,29). The molecular formula is C26H34N2O3. The average Bonchev–Trinajstić information content (AvgIpc) is 2.93. The van der Waals surface area contributed by atoms with Crippen molar-refractivity contribution in [1.29, 1.82) is 0 Å². The van der Waals surface area contributed by atoms with Crippen molar-refractivity contribution in [2.24, 2.45) is 10.8 Å². The maximum atomic E-state index is 13.8. The number of hydrogen-bond donors (Lipinski definition) is 1. The van der Waals surface area contributed by atoms with E-state index in [1.54, 1.807) is 0 Å². The fourth-order valence-electron chi connectivity index (χ4n) is 5.86. The van der Waals surface area contributed by atoms with Gasteiger partial charge < -0.3 is 15.0 Å². The van der Waals surface area contributed by atoms with Gasteiger partial charge in [-0.15, -0.1) is 0 Å². The van der Waals surface area contributed by atoms with Gasteiger partial charge in [0.1, 0.15) is 5.75 Å². The molecule has 1 saturated heterocycles. The van der Waals surface area contributed by atoms with Crippen LogP contribution in [0.1, 0.15) is 64.2 Å². The second kappa shape index (κ2) is 7.85. The summed E-state index contributed by atoms with van der Waals surface area (Å²) in [7, 11) is 0. The normalized spacial score (nSPS) is 24.5. The van der Waals surface area contributed by atoms with Crippen molar-refractivity contribution in [1.82, 2.24) is 10.2 Å². The second-order valence-corrected chi connectivity index (χ2v) is 10.9. The average molecular weight is 423 g/mol. The van der Waals surface area contributed by atoms with Gasteiger partial charge in [-0.05, 0) is 66.8 Å². The van der Waals surface area contributed by atoms with Crippen LogP contribution in [0.4, 0.5) is 0 Å². The Hall–Kier alpha value is -2.56. The predicted octanol–water partition coefficient (Wildman–Crippen LogP) is 4.78. The van der Waals surface area contributed by atoms with Crippen LogP contribution in [0.15, 0.2) is 36.4 Å². The Labute approximate surface area is 185 Å². The number of carbonyl (C=O) groups excluding carboxylic acids is 2. The molecule has 5 nitrogen and oxygen atoms in total. The highest BCUT2D eigenvalue weighted by Gasteiger charge is 2.51. The highest BCUT2D eigenvalue weighted by molar-refractivity contribution is 6.02. The van der Waals surface area contributed by atoms with E-state index in [4.69, 9.17) is 4.74 Å². The smallest absolute Gasteiger partial charge is 0.258 e. The van der Waals surface area contributed by atoms with Gasteiger partial charge in [-0.25, -0.2) is 0 Å². The minimum atomic E-state index is -0.187. The summed E-state index contributed by atoms with van der Waals surface area (Å²) in [5.41, 5.74) is 0.951. The summed E-state index contributed by atoms with van der Waals surface area (Å²) >= 11 is 0. The number of fused-ring (bicyclic) bond motifs is 3. The Bertz CT molecular complexity index is 1010. The molecule has 1 aliphatic heterocycles. The Kier molecular flexibility index (Phi) is 5.48. The van der Waals surface area contributed by atoms with Gasteiger partial charge in [-0.1, -0.05) is 45.0 Å². The zero-order chi connectivity index (χ0) is 22.4. The molecule has 2 atom stereocenters. The molecule has 5 heteroatoms. The first-order valence-electron chi connectivity index (χ1n) is 11.3. The zero-order valence-corrected chi connectivity index (χ0v) is 19.3. The minimum absolute atomic E-state index is 0.0106. The highest BCUT2D eigenvalue weighted by atomic mass is 16.5. The van der Waals surface area contributed by atoms with E-state index >= 15 is 0 Å². The monoisotopic (exact) mass is 422 g/mol. The van der Waals surface area contributed by atoms with E-state index in [1.807, 2.05) is 50.2 Å². The SMILES string of the molecule is CC(C)NC(=O)COc1cc2ccccc2cc1C(=O)N1CC2(C)CC1CC(C)(C)C2. The number of benzene rings is 2. The lowest BCUT2D eigenvalue weighted by Gasteiger charge is -2.39. The van der Waals surface area contributed by atoms with Gasteiger partial charge in [0.2, 0.25) is 0 Å². The summed E-state index contributed by atoms with van der Waals surface area (Å²) in [6, 6.07) is 12.0. The summed E-state index contributed by atoms with van der Waals surface area (Å²) in [6.07, 6.45) is 3.22. The molecule has 2 fully saturated rings. The van der Waals surface area contributed by atoms with Crippen LogP contribution in [0.2, 0.25) is 0 Å². The van der Waals surface area contributed by atoms with E-state index in [0.29, 0.717) is 11.3 Å². The number of rotatable bonds is 5. The first-order valence-corrected chi connectivity index (χ1v) is 11.3. The molecule has 1 saturated carbocycles. The molecule has 0 aromatic heterocycles. The number of carbonyl (C=O) groups is 2. The first-order chi connectivity index (χ1) is 14.6. The third-order valence-corrected chi connectivity index (χ3v) is 6.56. The van der Waals surface area contributed by atoms with Crippen LogP contribution in [-0.4, -0.2) is 41.9 Å². The van der Waals surface area contributed by atoms with Crippen molar-refractivity contribution in [3.8, 4) is 5.75 Å². The quantitative estimate of drug-likeness (QED) is 0.754. The summed E-state index contributed by atoms with van der Waals surface area (Å²) in [4.78, 5) is 28.0. The largest absolute Gasteiger partial charge is 0.483 e. The number of ether oxygens (including phenoxy) is 1. The number of amides is 2. The topological polar surface area (TPSA) is 58.6 Å². The Balaban J connectivity index is 1.65. The highest BCUT2D eigenvalue weighted by Crippen LogP contribution is 2.53. The Morgan fingerprint density at radius 3 is 2.48 bits per heavy atom. The van der Waals surface area contributed by atoms with Gasteiger partial charge in [0, 0.05) is 18.6 Å². The van der Waals surface area contributed by atoms with Crippen LogP contribution in [0.5, 0.6) is 5.75 Å². The molecule has 0 spiro atoms. The minimum Gasteiger partial charge on any atom is -0.483 e. The molecule has 2 aromatic rings. The number of likely N-dealkylation sites (tertiary alicyclic amines) is 1. The first kappa shape index (κ1) is 21.7. The molecule has 4 rings (SSSR count). The van der Waals surface area contributed by atoms with Gasteiger partial charge in [0.15, 0.2) is 6.61 Å². The number of hydrogen-bond acceptors (Lipinski definition) is 3. The molecule has 1 aliphatic carbocycles. The lowest BCUT2D eigenvalue weighted by Crippen LogP contribution is -2.38. The fourth-order valence-corrected chi connectivity index (χ4v) is 5.86. The molecule has 1 N–H and O–H groups in total. The van der Waals surface area contributed by atoms with E-state index in [9.17, 15) is 9.59 Å². The molecule has 2 unspecified atom stereocenters. The molecule has 2 amide bonds. The predicted molar refractivity (Wildman–Crippen MR) is 123 cm³/mol. The molecule has 0 radical (unpaired) electrons. The third kappa shape index (κ3) is 4.56. The van der Waals surface area contributed by atoms with Crippen molar-refractivity contribution < 1.29 is 14.3 Å². The van der Waals surface area contributed by atoms with Crippen LogP contribution in [0.25, 0.3) is 10.8 Å². The fraction of sp³-hybridized carbons (Fsp3) is 0.538. The molecule has 2 aliphatic rings. The van der Waals surface area contributed by atoms with Crippen molar-refractivity contribution in [2.75, 3.05) is 13.2 Å². The summed E-state index contributed by atoms with van der Waals surface area (Å²) in [5, 5.41) is 4.83. The molecule has 2 aromatic carbocycles. The van der Waals surface area contributed by atoms with Gasteiger partial charge >= 0.3 is 0 Å². The van der Waals surface area contributed by atoms with Crippen LogP contribution in [0, 0.1) is 10.8 Å². The Morgan fingerprint density at radius 1 is 1.13 bits per heavy atom. The summed E-state index contributed by atoms with van der Waals surface area (Å²) in [6.45, 7) is 11.4. The lowest BCUT2D eigenvalue weighted by molar-refractivity contribution is -0.123. The van der Waals surface area contributed by atoms with Crippen molar-refractivity contribution >= 4 is 22.6 Å². The van der Waals surface area contributed by atoms with Crippen LogP contribution >= 0.6 is 0 Å². The molecule has 2 bridgehead atoms. The molecular weight excluding hydrogens is 388 g/mol. The van der Waals surface area contributed by atoms with E-state index in [-0.39, 0.29) is 41.3 Å². The summed E-state index contributed by atoms with van der Waals surface area (Å²) < 4.78 is 5.91. The van der Waals surface area contributed by atoms with E-state index in [0.717, 1.165) is 36.6 Å². The second-order valence-electron chi connectivity index (χ2n) is 10.9. The van der Waals surface area contributed by atoms with Crippen LogP contribution in [0.3, 0.4) is 0 Å². The van der Waals surface area contributed by atoms with Gasteiger partial charge in [0.25, 0.3) is 11.8 Å². The zero-order valence-electron chi connectivity index (χ0n) is 19.3. The molecule has 1 heterocycles. The van der Waals surface area contributed by atoms with Crippen molar-refractivity contribution in [3.63, 3.8) is 0 Å². The van der Waals surface area contributed by atoms with Gasteiger partial charge in [-0.2, -0.15) is 0 Å². The maximum Gasteiger partial charge on any atom is 0.258 e. The third-order valence-electron chi connectivity index (χ3n) is 6.56. The van der Waals surface area contributed by atoms with Crippen LogP contribution in [-0.2, 0) is 4.79 Å². The van der Waals surface area contributed by atoms with Gasteiger partial charge in [0.05, 0.1) is 5.56 Å². The molecule has 31 heavy (non-hydrogen) atoms.